The Hall–Kier alpha value is -2.91. The minimum absolute atomic E-state index is 0.0805. The van der Waals surface area contributed by atoms with Crippen LogP contribution in [0.1, 0.15) is 31.8 Å². The summed E-state index contributed by atoms with van der Waals surface area (Å²) in [6.45, 7) is 6.71. The van der Waals surface area contributed by atoms with Gasteiger partial charge in [0.1, 0.15) is 15.8 Å². The van der Waals surface area contributed by atoms with Crippen LogP contribution < -0.4 is 10.2 Å². The van der Waals surface area contributed by atoms with Crippen molar-refractivity contribution >= 4 is 29.4 Å². The third kappa shape index (κ3) is 4.17. The topological polar surface area (TPSA) is 93.1 Å². The lowest BCUT2D eigenvalue weighted by Crippen LogP contribution is -2.41. The number of hydrogen-bond acceptors (Lipinski definition) is 9. The Morgan fingerprint density at radius 1 is 1.20 bits per heavy atom. The third-order valence-electron chi connectivity index (χ3n) is 5.04. The zero-order valence-corrected chi connectivity index (χ0v) is 17.9. The van der Waals surface area contributed by atoms with Gasteiger partial charge < -0.3 is 15.0 Å². The zero-order chi connectivity index (χ0) is 21.1. The molecule has 0 amide bonds. The molecule has 30 heavy (non-hydrogen) atoms. The van der Waals surface area contributed by atoms with Gasteiger partial charge in [-0.1, -0.05) is 55.5 Å². The van der Waals surface area contributed by atoms with E-state index in [-0.39, 0.29) is 12.1 Å². The number of ether oxygens (including phenoxy) is 1. The molecule has 1 unspecified atom stereocenters. The number of carbonyl (C=O) groups excluding carboxylic acids is 1. The zero-order valence-electron chi connectivity index (χ0n) is 17.1. The Kier molecular flexibility index (Phi) is 6.01. The van der Waals surface area contributed by atoms with E-state index >= 15 is 0 Å². The molecule has 0 bridgehead atoms. The van der Waals surface area contributed by atoms with E-state index in [1.165, 1.54) is 11.3 Å². The van der Waals surface area contributed by atoms with Gasteiger partial charge in [0.15, 0.2) is 12.5 Å². The van der Waals surface area contributed by atoms with E-state index in [1.807, 2.05) is 42.2 Å². The molecular formula is C21H24N6O2S. The second-order valence-corrected chi connectivity index (χ2v) is 8.50. The minimum atomic E-state index is -0.630. The molecule has 1 N–H and O–H groups in total. The lowest BCUT2D eigenvalue weighted by molar-refractivity contribution is -0.115. The Balaban J connectivity index is 1.52. The highest BCUT2D eigenvalue weighted by Gasteiger charge is 2.37. The maximum Gasteiger partial charge on any atom is 0.225 e. The molecule has 1 aliphatic rings. The van der Waals surface area contributed by atoms with E-state index in [4.69, 9.17) is 4.74 Å². The summed E-state index contributed by atoms with van der Waals surface area (Å²) >= 11 is 1.53. The molecule has 2 aromatic heterocycles. The predicted octanol–water partition coefficient (Wildman–Crippen LogP) is 3.55. The molecule has 1 saturated heterocycles. The van der Waals surface area contributed by atoms with E-state index in [0.717, 1.165) is 21.9 Å². The first-order valence-corrected chi connectivity index (χ1v) is 10.7. The van der Waals surface area contributed by atoms with Crippen LogP contribution in [0.25, 0.3) is 10.6 Å². The number of nitrogens with one attached hydrogen (secondary N) is 1. The maximum absolute atomic E-state index is 11.5. The lowest BCUT2D eigenvalue weighted by Gasteiger charge is -2.29. The molecule has 4 rings (SSSR count). The minimum Gasteiger partial charge on any atom is -0.349 e. The number of anilines is 2. The normalized spacial score (nSPS) is 19.8. The second-order valence-electron chi connectivity index (χ2n) is 7.49. The standard InChI is InChI=1S/C21H24N6O2S/c1-13(2)16-12-29-18(11-28)27(16)17-9-10-22-21(24-17)23-14(3)19-25-26-20(30-19)15-7-5-4-6-8-15/h4-11,13-14,16,18H,12H2,1-3H3,(H,22,23,24)/t14-,16+,18?/m0/s1. The maximum atomic E-state index is 11.5. The first-order chi connectivity index (χ1) is 14.6. The van der Waals surface area contributed by atoms with E-state index in [1.54, 1.807) is 12.3 Å². The molecule has 3 atom stereocenters. The summed E-state index contributed by atoms with van der Waals surface area (Å²) < 4.78 is 5.64. The van der Waals surface area contributed by atoms with Crippen molar-refractivity contribution in [3.63, 3.8) is 0 Å². The summed E-state index contributed by atoms with van der Waals surface area (Å²) in [5.74, 6) is 1.45. The summed E-state index contributed by atoms with van der Waals surface area (Å²) in [6, 6.07) is 11.7. The quantitative estimate of drug-likeness (QED) is 0.576. The van der Waals surface area contributed by atoms with Gasteiger partial charge in [-0.25, -0.2) is 4.98 Å². The van der Waals surface area contributed by atoms with Gasteiger partial charge >= 0.3 is 0 Å². The summed E-state index contributed by atoms with van der Waals surface area (Å²) in [4.78, 5) is 22.4. The van der Waals surface area contributed by atoms with Crippen molar-refractivity contribution in [2.24, 2.45) is 5.92 Å². The van der Waals surface area contributed by atoms with Gasteiger partial charge in [-0.3, -0.25) is 4.79 Å². The van der Waals surface area contributed by atoms with Crippen LogP contribution in [0.4, 0.5) is 11.8 Å². The molecule has 156 valence electrons. The molecule has 3 heterocycles. The first kappa shape index (κ1) is 20.4. The van der Waals surface area contributed by atoms with Crippen LogP contribution in [-0.4, -0.2) is 45.3 Å². The van der Waals surface area contributed by atoms with Gasteiger partial charge in [0.05, 0.1) is 18.7 Å². The van der Waals surface area contributed by atoms with Crippen LogP contribution in [0.5, 0.6) is 0 Å². The highest BCUT2D eigenvalue weighted by atomic mass is 32.1. The fourth-order valence-corrected chi connectivity index (χ4v) is 4.24. The molecule has 0 saturated carbocycles. The summed E-state index contributed by atoms with van der Waals surface area (Å²) in [5.41, 5.74) is 1.04. The Labute approximate surface area is 179 Å². The van der Waals surface area contributed by atoms with E-state index in [9.17, 15) is 4.79 Å². The summed E-state index contributed by atoms with van der Waals surface area (Å²) in [6.07, 6.45) is 1.87. The van der Waals surface area contributed by atoms with Crippen LogP contribution in [0.3, 0.4) is 0 Å². The van der Waals surface area contributed by atoms with Crippen molar-refractivity contribution in [2.75, 3.05) is 16.8 Å². The number of carbonyl (C=O) groups is 1. The Morgan fingerprint density at radius 2 is 2.00 bits per heavy atom. The monoisotopic (exact) mass is 424 g/mol. The molecule has 1 aromatic carbocycles. The third-order valence-corrected chi connectivity index (χ3v) is 6.19. The molecule has 1 fully saturated rings. The number of aromatic nitrogens is 4. The van der Waals surface area contributed by atoms with Crippen molar-refractivity contribution in [1.29, 1.82) is 0 Å². The van der Waals surface area contributed by atoms with Gasteiger partial charge in [-0.05, 0) is 18.9 Å². The number of rotatable bonds is 7. The molecule has 0 aliphatic carbocycles. The SMILES string of the molecule is CC(C)[C@H]1COC(C=O)N1c1ccnc(N[C@@H](C)c2nnc(-c3ccccc3)s2)n1. The summed E-state index contributed by atoms with van der Waals surface area (Å²) in [7, 11) is 0. The number of aldehydes is 1. The highest BCUT2D eigenvalue weighted by molar-refractivity contribution is 7.14. The Morgan fingerprint density at radius 3 is 2.73 bits per heavy atom. The molecular weight excluding hydrogens is 400 g/mol. The Bertz CT molecular complexity index is 996. The summed E-state index contributed by atoms with van der Waals surface area (Å²) in [5, 5.41) is 13.6. The van der Waals surface area contributed by atoms with Crippen molar-refractivity contribution in [3.8, 4) is 10.6 Å². The fraction of sp³-hybridized carbons (Fsp3) is 0.381. The van der Waals surface area contributed by atoms with E-state index < -0.39 is 6.23 Å². The molecule has 8 nitrogen and oxygen atoms in total. The number of nitrogens with zero attached hydrogens (tertiary/aromatic N) is 5. The van der Waals surface area contributed by atoms with Crippen LogP contribution in [0, 0.1) is 5.92 Å². The van der Waals surface area contributed by atoms with Crippen LogP contribution >= 0.6 is 11.3 Å². The van der Waals surface area contributed by atoms with Gasteiger partial charge in [0, 0.05) is 11.8 Å². The highest BCUT2D eigenvalue weighted by Crippen LogP contribution is 2.30. The second kappa shape index (κ2) is 8.85. The number of hydrogen-bond donors (Lipinski definition) is 1. The fourth-order valence-electron chi connectivity index (χ4n) is 3.39. The van der Waals surface area contributed by atoms with Crippen molar-refractivity contribution in [3.05, 3.63) is 47.6 Å². The molecule has 9 heteroatoms. The average Bonchev–Trinajstić information content (AvgIpc) is 3.42. The smallest absolute Gasteiger partial charge is 0.225 e. The lowest BCUT2D eigenvalue weighted by atomic mass is 10.0. The van der Waals surface area contributed by atoms with Crippen molar-refractivity contribution in [2.45, 2.75) is 39.1 Å². The molecule has 0 spiro atoms. The number of benzene rings is 1. The van der Waals surface area contributed by atoms with Crippen LogP contribution in [-0.2, 0) is 9.53 Å². The predicted molar refractivity (Wildman–Crippen MR) is 116 cm³/mol. The molecule has 1 aliphatic heterocycles. The van der Waals surface area contributed by atoms with Gasteiger partial charge in [0.25, 0.3) is 0 Å². The average molecular weight is 425 g/mol. The van der Waals surface area contributed by atoms with Crippen LogP contribution in [0.2, 0.25) is 0 Å². The first-order valence-electron chi connectivity index (χ1n) is 9.90. The van der Waals surface area contributed by atoms with E-state index in [2.05, 4.69) is 39.3 Å². The van der Waals surface area contributed by atoms with E-state index in [0.29, 0.717) is 24.3 Å². The van der Waals surface area contributed by atoms with Crippen LogP contribution in [0.15, 0.2) is 42.6 Å². The van der Waals surface area contributed by atoms with Gasteiger partial charge in [0.2, 0.25) is 5.95 Å². The van der Waals surface area contributed by atoms with Crippen molar-refractivity contribution < 1.29 is 9.53 Å². The van der Waals surface area contributed by atoms with Crippen molar-refractivity contribution in [1.82, 2.24) is 20.2 Å². The largest absolute Gasteiger partial charge is 0.349 e. The van der Waals surface area contributed by atoms with Gasteiger partial charge in [-0.2, -0.15) is 4.98 Å². The molecule has 0 radical (unpaired) electrons. The molecule has 3 aromatic rings. The van der Waals surface area contributed by atoms with Gasteiger partial charge in [-0.15, -0.1) is 10.2 Å².